The summed E-state index contributed by atoms with van der Waals surface area (Å²) >= 11 is 0. The molecule has 0 aliphatic carbocycles. The lowest BCUT2D eigenvalue weighted by Crippen LogP contribution is -2.03. The van der Waals surface area contributed by atoms with E-state index in [0.29, 0.717) is 5.71 Å². The lowest BCUT2D eigenvalue weighted by molar-refractivity contribution is 0.101. The van der Waals surface area contributed by atoms with Gasteiger partial charge in [-0.05, 0) is 56.5 Å². The third-order valence-corrected chi connectivity index (χ3v) is 2.35. The Balaban J connectivity index is 3.38. The van der Waals surface area contributed by atoms with Crippen LogP contribution in [-0.2, 0) is 0 Å². The van der Waals surface area contributed by atoms with Gasteiger partial charge < -0.3 is 5.41 Å². The number of rotatable bonds is 2. The zero-order valence-corrected chi connectivity index (χ0v) is 9.06. The van der Waals surface area contributed by atoms with Gasteiger partial charge in [-0.1, -0.05) is 0 Å². The molecule has 1 aromatic carbocycles. The molecule has 74 valence electrons. The molecule has 0 aliphatic heterocycles. The van der Waals surface area contributed by atoms with Crippen LogP contribution in [0.15, 0.2) is 12.1 Å². The largest absolute Gasteiger partial charge is 0.305 e. The number of benzene rings is 1. The molecule has 0 heterocycles. The first kappa shape index (κ1) is 10.6. The Bertz CT molecular complexity index is 365. The summed E-state index contributed by atoms with van der Waals surface area (Å²) in [5, 5.41) is 7.57. The van der Waals surface area contributed by atoms with Crippen molar-refractivity contribution in [2.45, 2.75) is 27.7 Å². The number of carbonyl (C=O) groups is 1. The second-order valence-electron chi connectivity index (χ2n) is 3.66. The van der Waals surface area contributed by atoms with Crippen molar-refractivity contribution in [2.75, 3.05) is 0 Å². The number of carbonyl (C=O) groups excluding carboxylic acids is 1. The van der Waals surface area contributed by atoms with Gasteiger partial charge in [-0.2, -0.15) is 0 Å². The van der Waals surface area contributed by atoms with Crippen molar-refractivity contribution in [3.05, 3.63) is 34.4 Å². The van der Waals surface area contributed by atoms with Gasteiger partial charge in [-0.15, -0.1) is 0 Å². The molecule has 0 saturated heterocycles. The molecule has 0 spiro atoms. The topological polar surface area (TPSA) is 40.9 Å². The van der Waals surface area contributed by atoms with E-state index < -0.39 is 0 Å². The van der Waals surface area contributed by atoms with Crippen LogP contribution >= 0.6 is 0 Å². The molecule has 1 rings (SSSR count). The number of nitrogens with one attached hydrogen (secondary N) is 1. The first-order valence-corrected chi connectivity index (χ1v) is 4.61. The minimum Gasteiger partial charge on any atom is -0.305 e. The molecule has 0 aromatic heterocycles. The van der Waals surface area contributed by atoms with Gasteiger partial charge in [0.15, 0.2) is 5.78 Å². The van der Waals surface area contributed by atoms with Gasteiger partial charge >= 0.3 is 0 Å². The molecule has 0 amide bonds. The molecule has 0 unspecified atom stereocenters. The van der Waals surface area contributed by atoms with E-state index in [1.165, 1.54) is 0 Å². The van der Waals surface area contributed by atoms with Gasteiger partial charge in [-0.25, -0.2) is 0 Å². The molecular weight excluding hydrogens is 174 g/mol. The molecule has 0 fully saturated rings. The SMILES string of the molecule is CC(=N)c1cc(C)c(C(C)=O)cc1C. The molecule has 14 heavy (non-hydrogen) atoms. The minimum atomic E-state index is 0.0831. The molecular formula is C12H15NO. The van der Waals surface area contributed by atoms with Crippen molar-refractivity contribution < 1.29 is 4.79 Å². The van der Waals surface area contributed by atoms with Crippen LogP contribution in [-0.4, -0.2) is 11.5 Å². The van der Waals surface area contributed by atoms with Gasteiger partial charge in [0, 0.05) is 11.3 Å². The van der Waals surface area contributed by atoms with E-state index in [2.05, 4.69) is 0 Å². The van der Waals surface area contributed by atoms with Crippen LogP contribution in [0.4, 0.5) is 0 Å². The van der Waals surface area contributed by atoms with Crippen molar-refractivity contribution >= 4 is 11.5 Å². The number of aryl methyl sites for hydroxylation is 2. The Hall–Kier alpha value is -1.44. The summed E-state index contributed by atoms with van der Waals surface area (Å²) in [6.07, 6.45) is 0. The van der Waals surface area contributed by atoms with Crippen molar-refractivity contribution in [3.8, 4) is 0 Å². The first-order valence-electron chi connectivity index (χ1n) is 4.61. The van der Waals surface area contributed by atoms with Crippen LogP contribution in [0.25, 0.3) is 0 Å². The predicted molar refractivity (Wildman–Crippen MR) is 58.4 cm³/mol. The van der Waals surface area contributed by atoms with E-state index in [9.17, 15) is 4.79 Å². The van der Waals surface area contributed by atoms with Crippen LogP contribution in [0.1, 0.15) is 40.9 Å². The summed E-state index contributed by atoms with van der Waals surface area (Å²) in [5.74, 6) is 0.0831. The normalized spacial score (nSPS) is 10.0. The van der Waals surface area contributed by atoms with E-state index in [0.717, 1.165) is 22.3 Å². The standard InChI is InChI=1S/C12H15NO/c1-7-6-12(10(4)14)8(2)5-11(7)9(3)13/h5-6,13H,1-4H3. The average molecular weight is 189 g/mol. The van der Waals surface area contributed by atoms with E-state index in [-0.39, 0.29) is 5.78 Å². The fourth-order valence-electron chi connectivity index (χ4n) is 1.60. The smallest absolute Gasteiger partial charge is 0.160 e. The predicted octanol–water partition coefficient (Wildman–Crippen LogP) is 2.89. The molecule has 0 saturated carbocycles. The number of hydrogen-bond donors (Lipinski definition) is 1. The molecule has 1 N–H and O–H groups in total. The van der Waals surface area contributed by atoms with Crippen LogP contribution in [0.2, 0.25) is 0 Å². The maximum atomic E-state index is 11.2. The Morgan fingerprint density at radius 1 is 1.07 bits per heavy atom. The number of hydrogen-bond acceptors (Lipinski definition) is 2. The van der Waals surface area contributed by atoms with Crippen LogP contribution in [0.3, 0.4) is 0 Å². The van der Waals surface area contributed by atoms with Crippen LogP contribution in [0, 0.1) is 19.3 Å². The Labute approximate surface area is 84.5 Å². The molecule has 0 radical (unpaired) electrons. The molecule has 0 atom stereocenters. The highest BCUT2D eigenvalue weighted by Crippen LogP contribution is 2.17. The van der Waals surface area contributed by atoms with Gasteiger partial charge in [0.25, 0.3) is 0 Å². The second-order valence-corrected chi connectivity index (χ2v) is 3.66. The van der Waals surface area contributed by atoms with Crippen molar-refractivity contribution in [1.82, 2.24) is 0 Å². The fourth-order valence-corrected chi connectivity index (χ4v) is 1.60. The summed E-state index contributed by atoms with van der Waals surface area (Å²) in [4.78, 5) is 11.2. The maximum absolute atomic E-state index is 11.2. The van der Waals surface area contributed by atoms with Gasteiger partial charge in [0.1, 0.15) is 0 Å². The monoisotopic (exact) mass is 189 g/mol. The van der Waals surface area contributed by atoms with Crippen LogP contribution in [0.5, 0.6) is 0 Å². The summed E-state index contributed by atoms with van der Waals surface area (Å²) in [6.45, 7) is 7.16. The molecule has 1 aromatic rings. The zero-order chi connectivity index (χ0) is 10.9. The lowest BCUT2D eigenvalue weighted by Gasteiger charge is -2.09. The molecule has 0 aliphatic rings. The van der Waals surface area contributed by atoms with Crippen molar-refractivity contribution in [3.63, 3.8) is 0 Å². The van der Waals surface area contributed by atoms with E-state index in [1.54, 1.807) is 13.8 Å². The third kappa shape index (κ3) is 1.90. The minimum absolute atomic E-state index is 0.0831. The van der Waals surface area contributed by atoms with E-state index in [4.69, 9.17) is 5.41 Å². The quantitative estimate of drug-likeness (QED) is 0.564. The highest BCUT2D eigenvalue weighted by molar-refractivity contribution is 6.01. The summed E-state index contributed by atoms with van der Waals surface area (Å²) in [6, 6.07) is 3.78. The number of ketones is 1. The van der Waals surface area contributed by atoms with Gasteiger partial charge in [0.05, 0.1) is 0 Å². The fraction of sp³-hybridized carbons (Fsp3) is 0.333. The summed E-state index contributed by atoms with van der Waals surface area (Å²) in [7, 11) is 0. The van der Waals surface area contributed by atoms with Crippen LogP contribution < -0.4 is 0 Å². The lowest BCUT2D eigenvalue weighted by atomic mass is 9.96. The maximum Gasteiger partial charge on any atom is 0.160 e. The second kappa shape index (κ2) is 3.74. The van der Waals surface area contributed by atoms with Crippen molar-refractivity contribution in [1.29, 1.82) is 5.41 Å². The Morgan fingerprint density at radius 3 is 1.93 bits per heavy atom. The molecule has 2 nitrogen and oxygen atoms in total. The Morgan fingerprint density at radius 2 is 1.50 bits per heavy atom. The first-order chi connectivity index (χ1) is 6.43. The molecule has 2 heteroatoms. The van der Waals surface area contributed by atoms with Gasteiger partial charge in [0.2, 0.25) is 0 Å². The van der Waals surface area contributed by atoms with Crippen molar-refractivity contribution in [2.24, 2.45) is 0 Å². The average Bonchev–Trinajstić information content (AvgIpc) is 2.07. The van der Waals surface area contributed by atoms with Gasteiger partial charge in [-0.3, -0.25) is 4.79 Å². The number of Topliss-reactive ketones (excluding diaryl/α,β-unsaturated/α-hetero) is 1. The van der Waals surface area contributed by atoms with E-state index in [1.807, 2.05) is 26.0 Å². The summed E-state index contributed by atoms with van der Waals surface area (Å²) in [5.41, 5.74) is 4.17. The highest BCUT2D eigenvalue weighted by atomic mass is 16.1. The highest BCUT2D eigenvalue weighted by Gasteiger charge is 2.08. The molecule has 0 bridgehead atoms. The van der Waals surface area contributed by atoms with E-state index >= 15 is 0 Å². The summed E-state index contributed by atoms with van der Waals surface area (Å²) < 4.78 is 0. The third-order valence-electron chi connectivity index (χ3n) is 2.35. The Kier molecular flexibility index (Phi) is 2.84. The zero-order valence-electron chi connectivity index (χ0n) is 9.06.